The lowest BCUT2D eigenvalue weighted by atomic mass is 10.2. The van der Waals surface area contributed by atoms with Crippen LogP contribution < -0.4 is 5.73 Å². The molecule has 0 spiro atoms. The van der Waals surface area contributed by atoms with Gasteiger partial charge in [0.15, 0.2) is 0 Å². The minimum atomic E-state index is -4.46. The SMILES string of the molecule is CCn1nc(C)c(N)c1C(=O)N(CC(F)(F)F)C(C)C. The molecule has 1 amide bonds. The van der Waals surface area contributed by atoms with Crippen LogP contribution in [-0.4, -0.2) is 39.4 Å². The van der Waals surface area contributed by atoms with Gasteiger partial charge in [0.1, 0.15) is 12.2 Å². The number of aromatic nitrogens is 2. The van der Waals surface area contributed by atoms with Crippen LogP contribution in [0.25, 0.3) is 0 Å². The highest BCUT2D eigenvalue weighted by molar-refractivity contribution is 5.98. The van der Waals surface area contributed by atoms with Gasteiger partial charge in [-0.15, -0.1) is 0 Å². The Balaban J connectivity index is 3.20. The molecule has 2 N–H and O–H groups in total. The van der Waals surface area contributed by atoms with Crippen LogP contribution in [0.5, 0.6) is 0 Å². The lowest BCUT2D eigenvalue weighted by Gasteiger charge is -2.28. The van der Waals surface area contributed by atoms with Gasteiger partial charge in [-0.2, -0.15) is 18.3 Å². The van der Waals surface area contributed by atoms with Gasteiger partial charge < -0.3 is 10.6 Å². The molecular weight excluding hydrogens is 273 g/mol. The Labute approximate surface area is 115 Å². The molecule has 0 radical (unpaired) electrons. The number of alkyl halides is 3. The predicted molar refractivity (Wildman–Crippen MR) is 69.3 cm³/mol. The molecule has 1 heterocycles. The monoisotopic (exact) mass is 292 g/mol. The molecule has 0 aliphatic heterocycles. The molecule has 0 unspecified atom stereocenters. The van der Waals surface area contributed by atoms with Crippen molar-refractivity contribution in [2.75, 3.05) is 12.3 Å². The molecule has 0 atom stereocenters. The Morgan fingerprint density at radius 3 is 2.40 bits per heavy atom. The van der Waals surface area contributed by atoms with Gasteiger partial charge in [-0.1, -0.05) is 0 Å². The summed E-state index contributed by atoms with van der Waals surface area (Å²) in [4.78, 5) is 13.1. The first-order valence-corrected chi connectivity index (χ1v) is 6.29. The van der Waals surface area contributed by atoms with Crippen molar-refractivity contribution in [3.63, 3.8) is 0 Å². The van der Waals surface area contributed by atoms with Crippen molar-refractivity contribution in [2.24, 2.45) is 0 Å². The predicted octanol–water partition coefficient (Wildman–Crippen LogP) is 2.21. The van der Waals surface area contributed by atoms with Gasteiger partial charge in [0.2, 0.25) is 0 Å². The molecule has 0 aliphatic rings. The van der Waals surface area contributed by atoms with Crippen molar-refractivity contribution in [1.82, 2.24) is 14.7 Å². The van der Waals surface area contributed by atoms with E-state index in [0.29, 0.717) is 12.2 Å². The molecule has 8 heteroatoms. The number of hydrogen-bond acceptors (Lipinski definition) is 3. The fraction of sp³-hybridized carbons (Fsp3) is 0.667. The zero-order valence-electron chi connectivity index (χ0n) is 12.0. The number of nitrogens with two attached hydrogens (primary N) is 1. The normalized spacial score (nSPS) is 12.0. The fourth-order valence-corrected chi connectivity index (χ4v) is 1.87. The van der Waals surface area contributed by atoms with Crippen molar-refractivity contribution < 1.29 is 18.0 Å². The first-order chi connectivity index (χ1) is 9.08. The van der Waals surface area contributed by atoms with Crippen molar-refractivity contribution in [2.45, 2.75) is 46.5 Å². The number of halogens is 3. The number of amides is 1. The van der Waals surface area contributed by atoms with Crippen LogP contribution in [0.2, 0.25) is 0 Å². The maximum atomic E-state index is 12.6. The Morgan fingerprint density at radius 2 is 2.00 bits per heavy atom. The van der Waals surface area contributed by atoms with E-state index in [9.17, 15) is 18.0 Å². The van der Waals surface area contributed by atoms with Crippen molar-refractivity contribution >= 4 is 11.6 Å². The van der Waals surface area contributed by atoms with E-state index in [-0.39, 0.29) is 11.4 Å². The second-order valence-electron chi connectivity index (χ2n) is 4.81. The molecule has 0 saturated heterocycles. The number of aryl methyl sites for hydroxylation is 2. The van der Waals surface area contributed by atoms with Gasteiger partial charge in [0, 0.05) is 12.6 Å². The van der Waals surface area contributed by atoms with E-state index in [1.807, 2.05) is 0 Å². The molecule has 0 bridgehead atoms. The van der Waals surface area contributed by atoms with Crippen LogP contribution >= 0.6 is 0 Å². The summed E-state index contributed by atoms with van der Waals surface area (Å²) in [5, 5.41) is 4.05. The number of rotatable bonds is 4. The second-order valence-corrected chi connectivity index (χ2v) is 4.81. The van der Waals surface area contributed by atoms with E-state index >= 15 is 0 Å². The van der Waals surface area contributed by atoms with Crippen LogP contribution in [0.3, 0.4) is 0 Å². The minimum absolute atomic E-state index is 0.0166. The summed E-state index contributed by atoms with van der Waals surface area (Å²) in [5.41, 5.74) is 6.35. The second kappa shape index (κ2) is 5.72. The number of nitrogens with zero attached hydrogens (tertiary/aromatic N) is 3. The first kappa shape index (κ1) is 16.3. The maximum Gasteiger partial charge on any atom is 0.406 e. The zero-order valence-corrected chi connectivity index (χ0v) is 12.0. The summed E-state index contributed by atoms with van der Waals surface area (Å²) in [6, 6.07) is -0.593. The molecule has 0 saturated carbocycles. The standard InChI is InChI=1S/C12H19F3N4O/c1-5-19-10(9(16)8(4)17-19)11(20)18(7(2)3)6-12(13,14)15/h7H,5-6,16H2,1-4H3. The van der Waals surface area contributed by atoms with Crippen LogP contribution in [-0.2, 0) is 6.54 Å². The van der Waals surface area contributed by atoms with Crippen molar-refractivity contribution in [1.29, 1.82) is 0 Å². The third-order valence-corrected chi connectivity index (χ3v) is 2.91. The van der Waals surface area contributed by atoms with Crippen LogP contribution in [0.1, 0.15) is 37.0 Å². The molecule has 0 aromatic carbocycles. The summed E-state index contributed by atoms with van der Waals surface area (Å²) in [6.07, 6.45) is -4.46. The van der Waals surface area contributed by atoms with Crippen molar-refractivity contribution in [3.8, 4) is 0 Å². The summed E-state index contributed by atoms with van der Waals surface area (Å²) in [5.74, 6) is -0.753. The largest absolute Gasteiger partial charge is 0.406 e. The molecule has 1 aromatic rings. The molecule has 0 fully saturated rings. The third kappa shape index (κ3) is 3.43. The van der Waals surface area contributed by atoms with Gasteiger partial charge in [-0.05, 0) is 27.7 Å². The van der Waals surface area contributed by atoms with E-state index in [1.54, 1.807) is 13.8 Å². The summed E-state index contributed by atoms with van der Waals surface area (Å²) in [6.45, 7) is 5.46. The summed E-state index contributed by atoms with van der Waals surface area (Å²) >= 11 is 0. The molecule has 114 valence electrons. The summed E-state index contributed by atoms with van der Waals surface area (Å²) in [7, 11) is 0. The van der Waals surface area contributed by atoms with Crippen LogP contribution in [0.4, 0.5) is 18.9 Å². The van der Waals surface area contributed by atoms with Gasteiger partial charge in [-0.3, -0.25) is 9.48 Å². The van der Waals surface area contributed by atoms with Gasteiger partial charge in [-0.25, -0.2) is 0 Å². The molecule has 5 nitrogen and oxygen atoms in total. The first-order valence-electron chi connectivity index (χ1n) is 6.29. The number of hydrogen-bond donors (Lipinski definition) is 1. The van der Waals surface area contributed by atoms with Gasteiger partial charge in [0.05, 0.1) is 11.4 Å². The van der Waals surface area contributed by atoms with Crippen LogP contribution in [0, 0.1) is 6.92 Å². The highest BCUT2D eigenvalue weighted by Crippen LogP contribution is 2.23. The minimum Gasteiger partial charge on any atom is -0.395 e. The Bertz CT molecular complexity index is 494. The Kier molecular flexibility index (Phi) is 4.67. The quantitative estimate of drug-likeness (QED) is 0.925. The number of carbonyl (C=O) groups is 1. The van der Waals surface area contributed by atoms with Crippen LogP contribution in [0.15, 0.2) is 0 Å². The molecule has 20 heavy (non-hydrogen) atoms. The number of anilines is 1. The summed E-state index contributed by atoms with van der Waals surface area (Å²) < 4.78 is 39.1. The number of carbonyl (C=O) groups excluding carboxylic acids is 1. The molecule has 1 rings (SSSR count). The molecule has 1 aromatic heterocycles. The lowest BCUT2D eigenvalue weighted by molar-refractivity contribution is -0.143. The smallest absolute Gasteiger partial charge is 0.395 e. The van der Waals surface area contributed by atoms with E-state index in [1.165, 1.54) is 18.5 Å². The van der Waals surface area contributed by atoms with Gasteiger partial charge >= 0.3 is 6.18 Å². The Hall–Kier alpha value is -1.73. The highest BCUT2D eigenvalue weighted by atomic mass is 19.4. The van der Waals surface area contributed by atoms with E-state index < -0.39 is 24.7 Å². The van der Waals surface area contributed by atoms with E-state index in [0.717, 1.165) is 4.90 Å². The molecule has 0 aliphatic carbocycles. The third-order valence-electron chi connectivity index (χ3n) is 2.91. The average Bonchev–Trinajstić information content (AvgIpc) is 2.60. The average molecular weight is 292 g/mol. The van der Waals surface area contributed by atoms with E-state index in [4.69, 9.17) is 5.73 Å². The Morgan fingerprint density at radius 1 is 1.45 bits per heavy atom. The number of nitrogen functional groups attached to an aromatic ring is 1. The fourth-order valence-electron chi connectivity index (χ4n) is 1.87. The van der Waals surface area contributed by atoms with Gasteiger partial charge in [0.25, 0.3) is 5.91 Å². The highest BCUT2D eigenvalue weighted by Gasteiger charge is 2.36. The topological polar surface area (TPSA) is 64.2 Å². The van der Waals surface area contributed by atoms with Crippen molar-refractivity contribution in [3.05, 3.63) is 11.4 Å². The lowest BCUT2D eigenvalue weighted by Crippen LogP contribution is -2.44. The maximum absolute atomic E-state index is 12.6. The van der Waals surface area contributed by atoms with E-state index in [2.05, 4.69) is 5.10 Å². The molecular formula is C12H19F3N4O. The zero-order chi connectivity index (χ0) is 15.7.